The van der Waals surface area contributed by atoms with Gasteiger partial charge in [-0.15, -0.1) is 0 Å². The summed E-state index contributed by atoms with van der Waals surface area (Å²) in [6, 6.07) is 6.86. The van der Waals surface area contributed by atoms with Gasteiger partial charge in [0.05, 0.1) is 31.5 Å². The van der Waals surface area contributed by atoms with Crippen molar-refractivity contribution in [3.05, 3.63) is 23.8 Å². The Morgan fingerprint density at radius 1 is 1.27 bits per heavy atom. The van der Waals surface area contributed by atoms with Crippen LogP contribution in [0.1, 0.15) is 31.4 Å². The van der Waals surface area contributed by atoms with Crippen LogP contribution in [0.15, 0.2) is 23.3 Å². The summed E-state index contributed by atoms with van der Waals surface area (Å²) >= 11 is 0. The standard InChI is InChI=1S/C17H23N3O2/c1-3-22-14-10-12(4-5-13(14)21-2)16-17-15(18-19-16)11-6-8-20(17)9-7-11/h4-5,10-11,16-17,19H,3,6-9H2,1-2H3. The molecule has 2 bridgehead atoms. The van der Waals surface area contributed by atoms with Crippen LogP contribution in [-0.2, 0) is 0 Å². The zero-order valence-corrected chi connectivity index (χ0v) is 13.2. The normalized spacial score (nSPS) is 32.2. The van der Waals surface area contributed by atoms with Crippen LogP contribution in [0.3, 0.4) is 0 Å². The molecule has 1 aromatic carbocycles. The van der Waals surface area contributed by atoms with Gasteiger partial charge in [-0.2, -0.15) is 5.10 Å². The van der Waals surface area contributed by atoms with Crippen molar-refractivity contribution in [2.75, 3.05) is 26.8 Å². The van der Waals surface area contributed by atoms with E-state index in [0.717, 1.165) is 11.5 Å². The highest BCUT2D eigenvalue weighted by Crippen LogP contribution is 2.40. The molecule has 0 radical (unpaired) electrons. The lowest BCUT2D eigenvalue weighted by Gasteiger charge is -2.45. The smallest absolute Gasteiger partial charge is 0.161 e. The first-order valence-corrected chi connectivity index (χ1v) is 8.19. The van der Waals surface area contributed by atoms with E-state index < -0.39 is 0 Å². The molecule has 2 atom stereocenters. The van der Waals surface area contributed by atoms with Crippen molar-refractivity contribution >= 4 is 5.71 Å². The Hall–Kier alpha value is -1.75. The highest BCUT2D eigenvalue weighted by atomic mass is 16.5. The van der Waals surface area contributed by atoms with E-state index in [-0.39, 0.29) is 6.04 Å². The second-order valence-electron chi connectivity index (χ2n) is 6.24. The van der Waals surface area contributed by atoms with Crippen LogP contribution in [0.25, 0.3) is 0 Å². The highest BCUT2D eigenvalue weighted by molar-refractivity contribution is 5.95. The van der Waals surface area contributed by atoms with Gasteiger partial charge < -0.3 is 14.9 Å². The summed E-state index contributed by atoms with van der Waals surface area (Å²) in [5.41, 5.74) is 5.95. The number of hydrogen-bond acceptors (Lipinski definition) is 5. The van der Waals surface area contributed by atoms with E-state index in [4.69, 9.17) is 9.47 Å². The molecule has 0 amide bonds. The Morgan fingerprint density at radius 3 is 2.82 bits per heavy atom. The second-order valence-corrected chi connectivity index (χ2v) is 6.24. The number of ether oxygens (including phenoxy) is 2. The average Bonchev–Trinajstić information content (AvgIpc) is 3.03. The van der Waals surface area contributed by atoms with Gasteiger partial charge in [-0.25, -0.2) is 0 Å². The van der Waals surface area contributed by atoms with E-state index in [9.17, 15) is 0 Å². The van der Waals surface area contributed by atoms with Crippen LogP contribution in [-0.4, -0.2) is 43.5 Å². The van der Waals surface area contributed by atoms with Crippen LogP contribution in [0, 0.1) is 5.92 Å². The van der Waals surface area contributed by atoms with Crippen molar-refractivity contribution in [1.82, 2.24) is 10.3 Å². The number of nitrogens with zero attached hydrogens (tertiary/aromatic N) is 2. The molecule has 5 rings (SSSR count). The van der Waals surface area contributed by atoms with Crippen molar-refractivity contribution in [2.24, 2.45) is 11.0 Å². The second kappa shape index (κ2) is 5.47. The maximum absolute atomic E-state index is 5.72. The van der Waals surface area contributed by atoms with E-state index in [1.807, 2.05) is 13.0 Å². The zero-order valence-electron chi connectivity index (χ0n) is 13.2. The Bertz CT molecular complexity index is 594. The SMILES string of the molecule is CCOc1cc(C2NN=C3C4CCN(CC4)C32)ccc1OC. The topological polar surface area (TPSA) is 46.1 Å². The molecule has 22 heavy (non-hydrogen) atoms. The number of rotatable bonds is 4. The van der Waals surface area contributed by atoms with Gasteiger partial charge in [0.2, 0.25) is 0 Å². The van der Waals surface area contributed by atoms with Gasteiger partial charge in [0.15, 0.2) is 11.5 Å². The lowest BCUT2D eigenvalue weighted by atomic mass is 9.78. The molecular weight excluding hydrogens is 278 g/mol. The maximum Gasteiger partial charge on any atom is 0.161 e. The third kappa shape index (κ3) is 2.07. The molecule has 4 heterocycles. The average molecular weight is 301 g/mol. The fraction of sp³-hybridized carbons (Fsp3) is 0.588. The third-order valence-electron chi connectivity index (χ3n) is 5.14. The summed E-state index contributed by atoms with van der Waals surface area (Å²) < 4.78 is 11.1. The summed E-state index contributed by atoms with van der Waals surface area (Å²) in [4.78, 5) is 2.58. The predicted octanol–water partition coefficient (Wildman–Crippen LogP) is 2.19. The number of hydrogen-bond donors (Lipinski definition) is 1. The van der Waals surface area contributed by atoms with Gasteiger partial charge in [0.1, 0.15) is 0 Å². The van der Waals surface area contributed by atoms with Gasteiger partial charge in [-0.3, -0.25) is 4.90 Å². The summed E-state index contributed by atoms with van der Waals surface area (Å²) in [7, 11) is 1.68. The number of hydrazone groups is 1. The largest absolute Gasteiger partial charge is 0.493 e. The van der Waals surface area contributed by atoms with Crippen LogP contribution < -0.4 is 14.9 Å². The van der Waals surface area contributed by atoms with Gasteiger partial charge in [-0.1, -0.05) is 6.07 Å². The van der Waals surface area contributed by atoms with E-state index in [2.05, 4.69) is 27.6 Å². The van der Waals surface area contributed by atoms with E-state index >= 15 is 0 Å². The Kier molecular flexibility index (Phi) is 3.45. The molecule has 5 nitrogen and oxygen atoms in total. The highest BCUT2D eigenvalue weighted by Gasteiger charge is 2.46. The molecule has 4 aliphatic heterocycles. The third-order valence-corrected chi connectivity index (χ3v) is 5.14. The van der Waals surface area contributed by atoms with E-state index in [1.165, 1.54) is 37.2 Å². The zero-order chi connectivity index (χ0) is 15.1. The molecule has 5 heteroatoms. The van der Waals surface area contributed by atoms with Gasteiger partial charge in [0.25, 0.3) is 0 Å². The number of nitrogens with one attached hydrogen (secondary N) is 1. The van der Waals surface area contributed by atoms with Crippen LogP contribution >= 0.6 is 0 Å². The molecule has 3 fully saturated rings. The molecule has 4 aliphatic rings. The fourth-order valence-electron chi connectivity index (χ4n) is 4.07. The minimum absolute atomic E-state index is 0.225. The van der Waals surface area contributed by atoms with Crippen molar-refractivity contribution in [3.8, 4) is 11.5 Å². The van der Waals surface area contributed by atoms with Crippen molar-refractivity contribution in [2.45, 2.75) is 31.8 Å². The number of benzene rings is 1. The molecular formula is C17H23N3O2. The minimum atomic E-state index is 0.225. The summed E-state index contributed by atoms with van der Waals surface area (Å²) in [6.07, 6.45) is 2.52. The molecule has 118 valence electrons. The fourth-order valence-corrected chi connectivity index (χ4v) is 4.07. The van der Waals surface area contributed by atoms with Gasteiger partial charge in [-0.05, 0) is 50.6 Å². The monoisotopic (exact) mass is 301 g/mol. The van der Waals surface area contributed by atoms with Crippen LogP contribution in [0.5, 0.6) is 11.5 Å². The lowest BCUT2D eigenvalue weighted by molar-refractivity contribution is 0.133. The van der Waals surface area contributed by atoms with E-state index in [0.29, 0.717) is 18.6 Å². The van der Waals surface area contributed by atoms with E-state index in [1.54, 1.807) is 7.11 Å². The molecule has 1 N–H and O–H groups in total. The molecule has 0 aliphatic carbocycles. The first-order valence-electron chi connectivity index (χ1n) is 8.19. The molecule has 2 unspecified atom stereocenters. The first-order chi connectivity index (χ1) is 10.8. The van der Waals surface area contributed by atoms with Crippen molar-refractivity contribution in [3.63, 3.8) is 0 Å². The number of fused-ring (bicyclic) bond motifs is 2. The van der Waals surface area contributed by atoms with Crippen molar-refractivity contribution < 1.29 is 9.47 Å². The van der Waals surface area contributed by atoms with Crippen LogP contribution in [0.4, 0.5) is 0 Å². The van der Waals surface area contributed by atoms with Crippen LogP contribution in [0.2, 0.25) is 0 Å². The molecule has 0 spiro atoms. The number of piperidine rings is 3. The maximum atomic E-state index is 5.72. The Morgan fingerprint density at radius 2 is 2.09 bits per heavy atom. The number of methoxy groups -OCH3 is 1. The summed E-state index contributed by atoms with van der Waals surface area (Å²) in [5.74, 6) is 2.28. The molecule has 1 aromatic rings. The predicted molar refractivity (Wildman–Crippen MR) is 85.6 cm³/mol. The summed E-state index contributed by atoms with van der Waals surface area (Å²) in [5, 5.41) is 4.67. The first kappa shape index (κ1) is 13.9. The molecule has 3 saturated heterocycles. The van der Waals surface area contributed by atoms with Gasteiger partial charge >= 0.3 is 0 Å². The Balaban J connectivity index is 1.64. The molecule has 0 saturated carbocycles. The van der Waals surface area contributed by atoms with Crippen molar-refractivity contribution in [1.29, 1.82) is 0 Å². The lowest BCUT2D eigenvalue weighted by Crippen LogP contribution is -2.56. The molecule has 0 aromatic heterocycles. The van der Waals surface area contributed by atoms with Gasteiger partial charge in [0, 0.05) is 5.92 Å². The summed E-state index contributed by atoms with van der Waals surface area (Å²) in [6.45, 7) is 5.02. The Labute approximate surface area is 131 Å². The minimum Gasteiger partial charge on any atom is -0.493 e. The quantitative estimate of drug-likeness (QED) is 0.926.